The second-order valence-corrected chi connectivity index (χ2v) is 4.73. The van der Waals surface area contributed by atoms with Crippen molar-refractivity contribution in [1.82, 2.24) is 9.97 Å². The van der Waals surface area contributed by atoms with Crippen molar-refractivity contribution in [3.8, 4) is 0 Å². The van der Waals surface area contributed by atoms with Gasteiger partial charge in [0, 0.05) is 13.1 Å². The largest absolute Gasteiger partial charge is 0.356 e. The number of hydrazine groups is 1. The van der Waals surface area contributed by atoms with E-state index in [4.69, 9.17) is 5.84 Å². The van der Waals surface area contributed by atoms with E-state index < -0.39 is 0 Å². The molecule has 5 nitrogen and oxygen atoms in total. The van der Waals surface area contributed by atoms with E-state index in [1.165, 1.54) is 6.33 Å². The summed E-state index contributed by atoms with van der Waals surface area (Å²) < 4.78 is 0.806. The lowest BCUT2D eigenvalue weighted by Gasteiger charge is -2.25. The van der Waals surface area contributed by atoms with Crippen molar-refractivity contribution in [3.63, 3.8) is 0 Å². The summed E-state index contributed by atoms with van der Waals surface area (Å²) in [4.78, 5) is 10.5. The van der Waals surface area contributed by atoms with Crippen LogP contribution in [-0.4, -0.2) is 23.1 Å². The van der Waals surface area contributed by atoms with Crippen LogP contribution in [0.3, 0.4) is 0 Å². The van der Waals surface area contributed by atoms with E-state index in [1.54, 1.807) is 0 Å². The summed E-state index contributed by atoms with van der Waals surface area (Å²) in [6.45, 7) is 8.32. The SMILES string of the molecule is CCN(CC(C)C)c1ncnc(NN)c1Br. The number of hydrogen-bond acceptors (Lipinski definition) is 5. The van der Waals surface area contributed by atoms with Crippen LogP contribution in [0.4, 0.5) is 11.6 Å². The highest BCUT2D eigenvalue weighted by molar-refractivity contribution is 9.10. The molecule has 0 aliphatic rings. The molecular weight excluding hydrogens is 270 g/mol. The Morgan fingerprint density at radius 1 is 1.50 bits per heavy atom. The highest BCUT2D eigenvalue weighted by Gasteiger charge is 2.14. The van der Waals surface area contributed by atoms with Gasteiger partial charge in [-0.15, -0.1) is 0 Å². The molecule has 1 aromatic rings. The van der Waals surface area contributed by atoms with Crippen molar-refractivity contribution < 1.29 is 0 Å². The Bertz CT molecular complexity index is 342. The minimum atomic E-state index is 0.580. The van der Waals surface area contributed by atoms with E-state index in [0.29, 0.717) is 11.7 Å². The summed E-state index contributed by atoms with van der Waals surface area (Å²) in [5, 5.41) is 0. The molecule has 3 N–H and O–H groups in total. The molecule has 0 fully saturated rings. The third kappa shape index (κ3) is 3.05. The number of halogens is 1. The van der Waals surface area contributed by atoms with Crippen molar-refractivity contribution in [2.75, 3.05) is 23.4 Å². The number of anilines is 2. The predicted octanol–water partition coefficient (Wildman–Crippen LogP) is 2.01. The lowest BCUT2D eigenvalue weighted by atomic mass is 10.2. The molecule has 0 atom stereocenters. The summed E-state index contributed by atoms with van der Waals surface area (Å²) in [5.41, 5.74) is 2.54. The zero-order valence-corrected chi connectivity index (χ0v) is 11.5. The van der Waals surface area contributed by atoms with Crippen LogP contribution in [0.1, 0.15) is 20.8 Å². The standard InChI is InChI=1S/C10H18BrN5/c1-4-16(5-7(2)3)10-8(11)9(15-12)13-6-14-10/h6-7H,4-5,12H2,1-3H3,(H,13,14,15). The van der Waals surface area contributed by atoms with Crippen LogP contribution < -0.4 is 16.2 Å². The Morgan fingerprint density at radius 2 is 2.19 bits per heavy atom. The van der Waals surface area contributed by atoms with E-state index in [0.717, 1.165) is 23.4 Å². The predicted molar refractivity (Wildman–Crippen MR) is 70.3 cm³/mol. The van der Waals surface area contributed by atoms with Crippen molar-refractivity contribution in [2.45, 2.75) is 20.8 Å². The van der Waals surface area contributed by atoms with Gasteiger partial charge in [0.1, 0.15) is 16.6 Å². The normalized spacial score (nSPS) is 10.6. The molecule has 0 bridgehead atoms. The van der Waals surface area contributed by atoms with Gasteiger partial charge < -0.3 is 10.3 Å². The maximum Gasteiger partial charge on any atom is 0.159 e. The van der Waals surface area contributed by atoms with E-state index >= 15 is 0 Å². The van der Waals surface area contributed by atoms with Crippen LogP contribution in [0.25, 0.3) is 0 Å². The smallest absolute Gasteiger partial charge is 0.159 e. The van der Waals surface area contributed by atoms with Gasteiger partial charge in [-0.3, -0.25) is 0 Å². The summed E-state index contributed by atoms with van der Waals surface area (Å²) >= 11 is 3.46. The Labute approximate surface area is 105 Å². The number of nitrogens with two attached hydrogens (primary N) is 1. The van der Waals surface area contributed by atoms with Gasteiger partial charge in [0.25, 0.3) is 0 Å². The third-order valence-electron chi connectivity index (χ3n) is 2.17. The highest BCUT2D eigenvalue weighted by atomic mass is 79.9. The molecule has 0 spiro atoms. The fourth-order valence-corrected chi connectivity index (χ4v) is 2.06. The van der Waals surface area contributed by atoms with E-state index in [9.17, 15) is 0 Å². The molecule has 0 amide bonds. The van der Waals surface area contributed by atoms with E-state index in [2.05, 4.69) is 57.0 Å². The number of aromatic nitrogens is 2. The second-order valence-electron chi connectivity index (χ2n) is 3.94. The van der Waals surface area contributed by atoms with Crippen molar-refractivity contribution in [3.05, 3.63) is 10.8 Å². The van der Waals surface area contributed by atoms with Crippen LogP contribution >= 0.6 is 15.9 Å². The number of nitrogens with zero attached hydrogens (tertiary/aromatic N) is 3. The maximum absolute atomic E-state index is 5.37. The van der Waals surface area contributed by atoms with Gasteiger partial charge in [0.15, 0.2) is 5.82 Å². The van der Waals surface area contributed by atoms with Crippen LogP contribution in [0.15, 0.2) is 10.8 Å². The lowest BCUT2D eigenvalue weighted by molar-refractivity contribution is 0.613. The van der Waals surface area contributed by atoms with E-state index in [1.807, 2.05) is 0 Å². The first-order chi connectivity index (χ1) is 7.60. The summed E-state index contributed by atoms with van der Waals surface area (Å²) in [7, 11) is 0. The molecule has 0 aliphatic carbocycles. The second kappa shape index (κ2) is 6.00. The molecule has 1 rings (SSSR count). The number of hydrogen-bond donors (Lipinski definition) is 2. The maximum atomic E-state index is 5.37. The summed E-state index contributed by atoms with van der Waals surface area (Å²) in [6, 6.07) is 0. The average Bonchev–Trinajstić information content (AvgIpc) is 2.26. The van der Waals surface area contributed by atoms with E-state index in [-0.39, 0.29) is 0 Å². The van der Waals surface area contributed by atoms with Gasteiger partial charge in [0.05, 0.1) is 0 Å². The fraction of sp³-hybridized carbons (Fsp3) is 0.600. The van der Waals surface area contributed by atoms with Crippen LogP contribution in [0.5, 0.6) is 0 Å². The van der Waals surface area contributed by atoms with Crippen molar-refractivity contribution in [2.24, 2.45) is 11.8 Å². The third-order valence-corrected chi connectivity index (χ3v) is 2.90. The van der Waals surface area contributed by atoms with Crippen LogP contribution in [0, 0.1) is 5.92 Å². The zero-order chi connectivity index (χ0) is 12.1. The molecule has 6 heteroatoms. The zero-order valence-electron chi connectivity index (χ0n) is 9.87. The Balaban J connectivity index is 3.00. The fourth-order valence-electron chi connectivity index (χ4n) is 1.49. The van der Waals surface area contributed by atoms with Gasteiger partial charge >= 0.3 is 0 Å². The minimum Gasteiger partial charge on any atom is -0.356 e. The first-order valence-electron chi connectivity index (χ1n) is 5.32. The Kier molecular flexibility index (Phi) is 4.95. The highest BCUT2D eigenvalue weighted by Crippen LogP contribution is 2.29. The molecule has 1 aromatic heterocycles. The quantitative estimate of drug-likeness (QED) is 0.641. The van der Waals surface area contributed by atoms with Crippen LogP contribution in [0.2, 0.25) is 0 Å². The molecule has 0 radical (unpaired) electrons. The molecule has 0 aliphatic heterocycles. The van der Waals surface area contributed by atoms with Gasteiger partial charge in [0.2, 0.25) is 0 Å². The first kappa shape index (κ1) is 13.2. The number of nitrogens with one attached hydrogen (secondary N) is 1. The molecule has 0 aromatic carbocycles. The van der Waals surface area contributed by atoms with Crippen LogP contribution in [-0.2, 0) is 0 Å². The number of nitrogen functional groups attached to an aromatic ring is 1. The average molecular weight is 288 g/mol. The molecule has 0 saturated heterocycles. The molecular formula is C10H18BrN5. The van der Waals surface area contributed by atoms with Gasteiger partial charge in [-0.05, 0) is 28.8 Å². The number of rotatable bonds is 5. The first-order valence-corrected chi connectivity index (χ1v) is 6.11. The minimum absolute atomic E-state index is 0.580. The molecule has 1 heterocycles. The van der Waals surface area contributed by atoms with Crippen molar-refractivity contribution in [1.29, 1.82) is 0 Å². The van der Waals surface area contributed by atoms with Gasteiger partial charge in [-0.25, -0.2) is 15.8 Å². The molecule has 90 valence electrons. The van der Waals surface area contributed by atoms with Gasteiger partial charge in [-0.1, -0.05) is 13.8 Å². The summed E-state index contributed by atoms with van der Waals surface area (Å²) in [6.07, 6.45) is 1.51. The topological polar surface area (TPSA) is 67.1 Å². The Hall–Kier alpha value is -0.880. The Morgan fingerprint density at radius 3 is 2.69 bits per heavy atom. The lowest BCUT2D eigenvalue weighted by Crippen LogP contribution is -2.28. The molecule has 16 heavy (non-hydrogen) atoms. The van der Waals surface area contributed by atoms with Gasteiger partial charge in [-0.2, -0.15) is 0 Å². The molecule has 0 saturated carbocycles. The molecule has 0 unspecified atom stereocenters. The van der Waals surface area contributed by atoms with Crippen molar-refractivity contribution >= 4 is 27.6 Å². The summed E-state index contributed by atoms with van der Waals surface area (Å²) in [5.74, 6) is 7.43. The monoisotopic (exact) mass is 287 g/mol.